The molecule has 0 bridgehead atoms. The number of nitrogens with two attached hydrogens (primary N) is 1. The minimum atomic E-state index is -0.599. The maximum atomic E-state index is 12.3. The Morgan fingerprint density at radius 2 is 2.04 bits per heavy atom. The number of aryl methyl sites for hydroxylation is 2. The minimum Gasteiger partial charge on any atom is -0.354 e. The fourth-order valence-corrected chi connectivity index (χ4v) is 4.03. The van der Waals surface area contributed by atoms with Crippen LogP contribution >= 0.6 is 0 Å². The zero-order valence-corrected chi connectivity index (χ0v) is 15.1. The van der Waals surface area contributed by atoms with Crippen molar-refractivity contribution in [3.05, 3.63) is 34.9 Å². The summed E-state index contributed by atoms with van der Waals surface area (Å²) in [4.78, 5) is 14.8. The summed E-state index contributed by atoms with van der Waals surface area (Å²) in [6.45, 7) is 8.27. The number of hydrogen-bond donors (Lipinski definition) is 2. The highest BCUT2D eigenvalue weighted by Crippen LogP contribution is 2.27. The van der Waals surface area contributed by atoms with Crippen molar-refractivity contribution in [3.63, 3.8) is 0 Å². The molecule has 4 heteroatoms. The standard InChI is InChI=1S/C20H31N3O/c1-15-5-6-17(11-16(15)2)13-23-10-7-18(14-23)12-22-19(24)20(21)8-3-4-9-20/h5-6,11,18H,3-4,7-10,12-14,21H2,1-2H3,(H,22,24). The molecule has 1 aromatic carbocycles. The summed E-state index contributed by atoms with van der Waals surface area (Å²) in [6.07, 6.45) is 4.99. The third kappa shape index (κ3) is 3.98. The Balaban J connectivity index is 1.45. The molecule has 1 amide bonds. The molecule has 0 spiro atoms. The van der Waals surface area contributed by atoms with Gasteiger partial charge in [-0.05, 0) is 62.3 Å². The van der Waals surface area contributed by atoms with Gasteiger partial charge in [-0.15, -0.1) is 0 Å². The van der Waals surface area contributed by atoms with Gasteiger partial charge in [-0.25, -0.2) is 0 Å². The molecule has 0 aromatic heterocycles. The summed E-state index contributed by atoms with van der Waals surface area (Å²) >= 11 is 0. The topological polar surface area (TPSA) is 58.4 Å². The van der Waals surface area contributed by atoms with Gasteiger partial charge in [0, 0.05) is 19.6 Å². The van der Waals surface area contributed by atoms with Gasteiger partial charge in [0.15, 0.2) is 0 Å². The maximum absolute atomic E-state index is 12.3. The molecule has 1 aromatic rings. The average Bonchev–Trinajstić information content (AvgIpc) is 3.19. The summed E-state index contributed by atoms with van der Waals surface area (Å²) in [5.74, 6) is 0.609. The van der Waals surface area contributed by atoms with Crippen LogP contribution in [0.15, 0.2) is 18.2 Å². The molecule has 0 radical (unpaired) electrons. The molecule has 2 fully saturated rings. The van der Waals surface area contributed by atoms with Crippen molar-refractivity contribution in [1.82, 2.24) is 10.2 Å². The Hall–Kier alpha value is -1.39. The van der Waals surface area contributed by atoms with E-state index in [2.05, 4.69) is 42.3 Å². The molecule has 3 N–H and O–H groups in total. The second-order valence-electron chi connectivity index (χ2n) is 7.88. The van der Waals surface area contributed by atoms with Crippen molar-refractivity contribution in [2.75, 3.05) is 19.6 Å². The Morgan fingerprint density at radius 3 is 2.75 bits per heavy atom. The van der Waals surface area contributed by atoms with Crippen LogP contribution in [0.2, 0.25) is 0 Å². The molecule has 1 aliphatic heterocycles. The lowest BCUT2D eigenvalue weighted by atomic mass is 9.97. The molecule has 4 nitrogen and oxygen atoms in total. The van der Waals surface area contributed by atoms with E-state index in [0.29, 0.717) is 5.92 Å². The molecule has 1 unspecified atom stereocenters. The first-order chi connectivity index (χ1) is 11.5. The number of nitrogens with zero attached hydrogens (tertiary/aromatic N) is 1. The molecule has 1 aliphatic carbocycles. The van der Waals surface area contributed by atoms with E-state index in [9.17, 15) is 4.79 Å². The van der Waals surface area contributed by atoms with E-state index in [4.69, 9.17) is 5.73 Å². The fourth-order valence-electron chi connectivity index (χ4n) is 4.03. The third-order valence-corrected chi connectivity index (χ3v) is 5.85. The summed E-state index contributed by atoms with van der Waals surface area (Å²) in [6, 6.07) is 6.74. The van der Waals surface area contributed by atoms with Crippen LogP contribution < -0.4 is 11.1 Å². The van der Waals surface area contributed by atoms with Crippen molar-refractivity contribution in [2.45, 2.75) is 58.0 Å². The number of likely N-dealkylation sites (tertiary alicyclic amines) is 1. The van der Waals surface area contributed by atoms with E-state index in [-0.39, 0.29) is 5.91 Å². The van der Waals surface area contributed by atoms with Crippen LogP contribution in [-0.2, 0) is 11.3 Å². The van der Waals surface area contributed by atoms with Crippen molar-refractivity contribution in [3.8, 4) is 0 Å². The second-order valence-corrected chi connectivity index (χ2v) is 7.88. The lowest BCUT2D eigenvalue weighted by Gasteiger charge is -2.23. The highest BCUT2D eigenvalue weighted by Gasteiger charge is 2.37. The smallest absolute Gasteiger partial charge is 0.240 e. The Bertz CT molecular complexity index is 593. The maximum Gasteiger partial charge on any atom is 0.240 e. The van der Waals surface area contributed by atoms with Gasteiger partial charge in [0.25, 0.3) is 0 Å². The number of carbonyl (C=O) groups is 1. The molecular formula is C20H31N3O. The number of hydrogen-bond acceptors (Lipinski definition) is 3. The summed E-state index contributed by atoms with van der Waals surface area (Å²) in [7, 11) is 0. The average molecular weight is 329 g/mol. The van der Waals surface area contributed by atoms with Crippen LogP contribution in [-0.4, -0.2) is 36.0 Å². The first-order valence-electron chi connectivity index (χ1n) is 9.32. The normalized spacial score (nSPS) is 23.5. The van der Waals surface area contributed by atoms with Crippen molar-refractivity contribution >= 4 is 5.91 Å². The monoisotopic (exact) mass is 329 g/mol. The fraction of sp³-hybridized carbons (Fsp3) is 0.650. The van der Waals surface area contributed by atoms with Crippen LogP contribution in [0.25, 0.3) is 0 Å². The van der Waals surface area contributed by atoms with Crippen LogP contribution in [0, 0.1) is 19.8 Å². The quantitative estimate of drug-likeness (QED) is 0.873. The number of carbonyl (C=O) groups excluding carboxylic acids is 1. The van der Waals surface area contributed by atoms with Gasteiger partial charge in [-0.2, -0.15) is 0 Å². The van der Waals surface area contributed by atoms with E-state index < -0.39 is 5.54 Å². The highest BCUT2D eigenvalue weighted by molar-refractivity contribution is 5.86. The second kappa shape index (κ2) is 7.24. The van der Waals surface area contributed by atoms with E-state index in [1.54, 1.807) is 0 Å². The number of benzene rings is 1. The van der Waals surface area contributed by atoms with Crippen molar-refractivity contribution in [1.29, 1.82) is 0 Å². The first-order valence-corrected chi connectivity index (χ1v) is 9.32. The zero-order valence-electron chi connectivity index (χ0n) is 15.1. The van der Waals surface area contributed by atoms with Crippen molar-refractivity contribution < 1.29 is 4.79 Å². The van der Waals surface area contributed by atoms with Gasteiger partial charge in [0.1, 0.15) is 0 Å². The number of rotatable bonds is 5. The number of amides is 1. The molecular weight excluding hydrogens is 298 g/mol. The molecule has 24 heavy (non-hydrogen) atoms. The molecule has 1 heterocycles. The van der Waals surface area contributed by atoms with E-state index in [0.717, 1.165) is 58.3 Å². The molecule has 1 atom stereocenters. The van der Waals surface area contributed by atoms with Gasteiger partial charge < -0.3 is 11.1 Å². The van der Waals surface area contributed by atoms with Crippen LogP contribution in [0.4, 0.5) is 0 Å². The van der Waals surface area contributed by atoms with E-state index >= 15 is 0 Å². The molecule has 1 saturated heterocycles. The van der Waals surface area contributed by atoms with Gasteiger partial charge in [0.05, 0.1) is 5.54 Å². The van der Waals surface area contributed by atoms with Crippen molar-refractivity contribution in [2.24, 2.45) is 11.7 Å². The lowest BCUT2D eigenvalue weighted by Crippen LogP contribution is -2.52. The number of nitrogens with one attached hydrogen (secondary N) is 1. The molecule has 132 valence electrons. The Kier molecular flexibility index (Phi) is 5.26. The van der Waals surface area contributed by atoms with Gasteiger partial charge in [-0.1, -0.05) is 31.0 Å². The third-order valence-electron chi connectivity index (χ3n) is 5.85. The lowest BCUT2D eigenvalue weighted by molar-refractivity contribution is -0.126. The highest BCUT2D eigenvalue weighted by atomic mass is 16.2. The summed E-state index contributed by atoms with van der Waals surface area (Å²) in [5.41, 5.74) is 9.72. The molecule has 1 saturated carbocycles. The largest absolute Gasteiger partial charge is 0.354 e. The summed E-state index contributed by atoms with van der Waals surface area (Å²) < 4.78 is 0. The van der Waals surface area contributed by atoms with Crippen LogP contribution in [0.1, 0.15) is 48.8 Å². The SMILES string of the molecule is Cc1ccc(CN2CCC(CNC(=O)C3(N)CCCC3)C2)cc1C. The predicted molar refractivity (Wildman–Crippen MR) is 97.7 cm³/mol. The molecule has 2 aliphatic rings. The van der Waals surface area contributed by atoms with E-state index in [1.165, 1.54) is 16.7 Å². The summed E-state index contributed by atoms with van der Waals surface area (Å²) in [5, 5.41) is 3.12. The van der Waals surface area contributed by atoms with Crippen LogP contribution in [0.3, 0.4) is 0 Å². The van der Waals surface area contributed by atoms with Crippen LogP contribution in [0.5, 0.6) is 0 Å². The zero-order chi connectivity index (χ0) is 17.2. The minimum absolute atomic E-state index is 0.0626. The Morgan fingerprint density at radius 1 is 1.29 bits per heavy atom. The predicted octanol–water partition coefficient (Wildman–Crippen LogP) is 2.51. The first kappa shape index (κ1) is 17.4. The van der Waals surface area contributed by atoms with Gasteiger partial charge in [0.2, 0.25) is 5.91 Å². The van der Waals surface area contributed by atoms with E-state index in [1.807, 2.05) is 0 Å². The molecule has 3 rings (SSSR count). The van der Waals surface area contributed by atoms with Gasteiger partial charge in [-0.3, -0.25) is 9.69 Å². The Labute approximate surface area is 145 Å². The van der Waals surface area contributed by atoms with Gasteiger partial charge >= 0.3 is 0 Å².